The molecule has 1 unspecified atom stereocenters. The van der Waals surface area contributed by atoms with E-state index in [1.807, 2.05) is 24.3 Å². The second-order valence-corrected chi connectivity index (χ2v) is 7.43. The van der Waals surface area contributed by atoms with Gasteiger partial charge in [-0.05, 0) is 54.9 Å². The number of allylic oxidation sites excluding steroid dienone is 2. The topological polar surface area (TPSA) is 54.4 Å². The van der Waals surface area contributed by atoms with E-state index in [0.29, 0.717) is 12.2 Å². The first-order valence-electron chi connectivity index (χ1n) is 10.1. The Bertz CT molecular complexity index is 640. The van der Waals surface area contributed by atoms with Gasteiger partial charge in [-0.1, -0.05) is 63.3 Å². The molecular formula is C23H32O3. The number of hydrogen-bond donors (Lipinski definition) is 1. The summed E-state index contributed by atoms with van der Waals surface area (Å²) in [5, 5.41) is 9.15. The lowest BCUT2D eigenvalue weighted by atomic mass is 9.83. The lowest BCUT2D eigenvalue weighted by Crippen LogP contribution is -2.12. The number of unbranched alkanes of at least 4 members (excludes halogenated alkanes) is 5. The van der Waals surface area contributed by atoms with Crippen LogP contribution in [-0.2, 0) is 9.59 Å². The van der Waals surface area contributed by atoms with Gasteiger partial charge in [-0.2, -0.15) is 0 Å². The molecule has 0 saturated heterocycles. The molecule has 1 N–H and O–H groups in total. The lowest BCUT2D eigenvalue weighted by molar-refractivity contribution is -0.138. The molecule has 1 aliphatic rings. The molecule has 0 aliphatic heterocycles. The van der Waals surface area contributed by atoms with Crippen molar-refractivity contribution in [2.75, 3.05) is 0 Å². The van der Waals surface area contributed by atoms with Crippen molar-refractivity contribution in [1.29, 1.82) is 0 Å². The van der Waals surface area contributed by atoms with Crippen LogP contribution < -0.4 is 0 Å². The fraction of sp³-hybridized carbons (Fsp3) is 0.565. The average Bonchev–Trinajstić information content (AvgIpc) is 2.65. The van der Waals surface area contributed by atoms with Gasteiger partial charge in [-0.25, -0.2) is 0 Å². The van der Waals surface area contributed by atoms with Crippen molar-refractivity contribution < 1.29 is 14.7 Å². The fourth-order valence-electron chi connectivity index (χ4n) is 3.70. The fourth-order valence-corrected chi connectivity index (χ4v) is 3.70. The third kappa shape index (κ3) is 5.55. The summed E-state index contributed by atoms with van der Waals surface area (Å²) in [6, 6.07) is 7.76. The van der Waals surface area contributed by atoms with E-state index in [0.717, 1.165) is 42.4 Å². The van der Waals surface area contributed by atoms with E-state index in [1.165, 1.54) is 37.7 Å². The molecule has 142 valence electrons. The molecule has 0 saturated carbocycles. The van der Waals surface area contributed by atoms with Gasteiger partial charge in [0.15, 0.2) is 5.78 Å². The SMILES string of the molecule is CCCCCCCCC1=C(c2ccc(C(C)C(=O)O)cc2)CCCC1=O. The van der Waals surface area contributed by atoms with Gasteiger partial charge in [0.1, 0.15) is 0 Å². The summed E-state index contributed by atoms with van der Waals surface area (Å²) in [6.07, 6.45) is 10.8. The highest BCUT2D eigenvalue weighted by atomic mass is 16.4. The standard InChI is InChI=1S/C23H32O3/c1-3-4-5-6-7-8-10-21-20(11-9-12-22(21)24)19-15-13-18(14-16-19)17(2)23(25)26/h13-17H,3-12H2,1-2H3,(H,25,26). The van der Waals surface area contributed by atoms with Gasteiger partial charge in [-0.3, -0.25) is 9.59 Å². The minimum absolute atomic E-state index is 0.308. The zero-order valence-electron chi connectivity index (χ0n) is 16.2. The lowest BCUT2D eigenvalue weighted by Gasteiger charge is -2.20. The second kappa shape index (κ2) is 10.3. The smallest absolute Gasteiger partial charge is 0.310 e. The Kier molecular flexibility index (Phi) is 8.08. The van der Waals surface area contributed by atoms with Gasteiger partial charge in [0.25, 0.3) is 0 Å². The summed E-state index contributed by atoms with van der Waals surface area (Å²) in [5.74, 6) is -1.01. The summed E-state index contributed by atoms with van der Waals surface area (Å²) in [6.45, 7) is 3.92. The Morgan fingerprint density at radius 2 is 1.69 bits per heavy atom. The summed E-state index contributed by atoms with van der Waals surface area (Å²) in [5.41, 5.74) is 4.09. The Morgan fingerprint density at radius 3 is 2.35 bits per heavy atom. The van der Waals surface area contributed by atoms with E-state index >= 15 is 0 Å². The van der Waals surface area contributed by atoms with Crippen LogP contribution in [0.25, 0.3) is 5.57 Å². The molecule has 1 aliphatic carbocycles. The van der Waals surface area contributed by atoms with Gasteiger partial charge in [0, 0.05) is 6.42 Å². The van der Waals surface area contributed by atoms with Crippen LogP contribution in [0.2, 0.25) is 0 Å². The molecule has 1 aromatic rings. The number of rotatable bonds is 10. The Hall–Kier alpha value is -1.90. The summed E-state index contributed by atoms with van der Waals surface area (Å²) >= 11 is 0. The van der Waals surface area contributed by atoms with Gasteiger partial charge < -0.3 is 5.11 Å². The van der Waals surface area contributed by atoms with Gasteiger partial charge in [-0.15, -0.1) is 0 Å². The maximum absolute atomic E-state index is 12.5. The van der Waals surface area contributed by atoms with Crippen molar-refractivity contribution in [3.63, 3.8) is 0 Å². The average molecular weight is 357 g/mol. The third-order valence-corrected chi connectivity index (χ3v) is 5.44. The minimum Gasteiger partial charge on any atom is -0.481 e. The van der Waals surface area contributed by atoms with E-state index in [1.54, 1.807) is 6.92 Å². The van der Waals surface area contributed by atoms with Crippen LogP contribution in [0.5, 0.6) is 0 Å². The van der Waals surface area contributed by atoms with Crippen molar-refractivity contribution in [3.8, 4) is 0 Å². The molecule has 0 radical (unpaired) electrons. The van der Waals surface area contributed by atoms with Crippen LogP contribution in [0.1, 0.15) is 95.1 Å². The highest BCUT2D eigenvalue weighted by molar-refractivity contribution is 6.04. The molecule has 0 heterocycles. The number of hydrogen-bond acceptors (Lipinski definition) is 2. The normalized spacial score (nSPS) is 16.0. The van der Waals surface area contributed by atoms with Crippen LogP contribution in [0, 0.1) is 0 Å². The van der Waals surface area contributed by atoms with Crippen LogP contribution in [0.3, 0.4) is 0 Å². The van der Waals surface area contributed by atoms with E-state index in [-0.39, 0.29) is 0 Å². The Morgan fingerprint density at radius 1 is 1.04 bits per heavy atom. The maximum Gasteiger partial charge on any atom is 0.310 e. The second-order valence-electron chi connectivity index (χ2n) is 7.43. The van der Waals surface area contributed by atoms with E-state index in [2.05, 4.69) is 6.92 Å². The summed E-state index contributed by atoms with van der Waals surface area (Å²) in [4.78, 5) is 23.6. The number of aliphatic carboxylic acids is 1. The molecular weight excluding hydrogens is 324 g/mol. The van der Waals surface area contributed by atoms with Crippen molar-refractivity contribution >= 4 is 17.3 Å². The predicted octanol–water partition coefficient (Wildman–Crippen LogP) is 6.13. The van der Waals surface area contributed by atoms with Crippen molar-refractivity contribution in [2.24, 2.45) is 0 Å². The predicted molar refractivity (Wildman–Crippen MR) is 106 cm³/mol. The largest absolute Gasteiger partial charge is 0.481 e. The Labute approximate surface area is 157 Å². The van der Waals surface area contributed by atoms with E-state index < -0.39 is 11.9 Å². The molecule has 0 amide bonds. The quantitative estimate of drug-likeness (QED) is 0.513. The number of Topliss-reactive ketones (excluding diaryl/α,β-unsaturated/α-hetero) is 1. The Balaban J connectivity index is 2.09. The zero-order chi connectivity index (χ0) is 18.9. The third-order valence-electron chi connectivity index (χ3n) is 5.44. The van der Waals surface area contributed by atoms with Gasteiger partial charge in [0.05, 0.1) is 5.92 Å². The van der Waals surface area contributed by atoms with Gasteiger partial charge in [0.2, 0.25) is 0 Å². The molecule has 3 heteroatoms. The molecule has 0 aromatic heterocycles. The maximum atomic E-state index is 12.5. The number of benzene rings is 1. The van der Waals surface area contributed by atoms with Crippen molar-refractivity contribution in [3.05, 3.63) is 41.0 Å². The highest BCUT2D eigenvalue weighted by Gasteiger charge is 2.21. The monoisotopic (exact) mass is 356 g/mol. The molecule has 2 rings (SSSR count). The molecule has 26 heavy (non-hydrogen) atoms. The molecule has 1 aromatic carbocycles. The van der Waals surface area contributed by atoms with Crippen LogP contribution in [0.4, 0.5) is 0 Å². The molecule has 3 nitrogen and oxygen atoms in total. The van der Waals surface area contributed by atoms with Crippen molar-refractivity contribution in [2.45, 2.75) is 84.0 Å². The first kappa shape index (κ1) is 20.4. The number of ketones is 1. The molecule has 1 atom stereocenters. The zero-order valence-corrected chi connectivity index (χ0v) is 16.2. The summed E-state index contributed by atoms with van der Waals surface area (Å²) in [7, 11) is 0. The molecule has 0 bridgehead atoms. The number of carbonyl (C=O) groups excluding carboxylic acids is 1. The minimum atomic E-state index is -0.812. The van der Waals surface area contributed by atoms with Crippen LogP contribution in [-0.4, -0.2) is 16.9 Å². The first-order valence-corrected chi connectivity index (χ1v) is 10.1. The van der Waals surface area contributed by atoms with Crippen LogP contribution in [0.15, 0.2) is 29.8 Å². The van der Waals surface area contributed by atoms with E-state index in [9.17, 15) is 9.59 Å². The van der Waals surface area contributed by atoms with E-state index in [4.69, 9.17) is 5.11 Å². The number of carboxylic acid groups (broad SMARTS) is 1. The number of carbonyl (C=O) groups is 2. The number of carboxylic acids is 1. The summed E-state index contributed by atoms with van der Waals surface area (Å²) < 4.78 is 0. The van der Waals surface area contributed by atoms with Gasteiger partial charge >= 0.3 is 5.97 Å². The highest BCUT2D eigenvalue weighted by Crippen LogP contribution is 2.34. The van der Waals surface area contributed by atoms with Crippen molar-refractivity contribution in [1.82, 2.24) is 0 Å². The van der Waals surface area contributed by atoms with Crippen LogP contribution >= 0.6 is 0 Å². The molecule has 0 fully saturated rings. The first-order chi connectivity index (χ1) is 12.5. The molecule has 0 spiro atoms.